The molecule has 4 nitrogen and oxygen atoms in total. The van der Waals surface area contributed by atoms with E-state index in [0.717, 1.165) is 6.42 Å². The van der Waals surface area contributed by atoms with Gasteiger partial charge in [0.15, 0.2) is 0 Å². The molecule has 1 fully saturated rings. The summed E-state index contributed by atoms with van der Waals surface area (Å²) >= 11 is 0. The largest absolute Gasteiger partial charge is 0.396 e. The van der Waals surface area contributed by atoms with Gasteiger partial charge in [0.25, 0.3) is 0 Å². The first-order valence-electron chi connectivity index (χ1n) is 7.01. The van der Waals surface area contributed by atoms with Gasteiger partial charge in [-0.05, 0) is 41.0 Å². The van der Waals surface area contributed by atoms with Crippen LogP contribution in [-0.2, 0) is 14.2 Å². The van der Waals surface area contributed by atoms with E-state index in [9.17, 15) is 0 Å². The molecule has 1 aliphatic heterocycles. The third kappa shape index (κ3) is 4.84. The Labute approximate surface area is 111 Å². The third-order valence-corrected chi connectivity index (χ3v) is 2.99. The van der Waals surface area contributed by atoms with E-state index in [1.165, 1.54) is 0 Å². The van der Waals surface area contributed by atoms with Crippen molar-refractivity contribution in [3.63, 3.8) is 0 Å². The number of hydrogen-bond donors (Lipinski definition) is 1. The van der Waals surface area contributed by atoms with E-state index in [0.29, 0.717) is 6.42 Å². The predicted molar refractivity (Wildman–Crippen MR) is 70.7 cm³/mol. The number of aliphatic hydroxyl groups excluding tert-OH is 1. The van der Waals surface area contributed by atoms with Crippen LogP contribution in [0.5, 0.6) is 0 Å². The molecule has 4 atom stereocenters. The van der Waals surface area contributed by atoms with Crippen molar-refractivity contribution in [1.82, 2.24) is 0 Å². The van der Waals surface area contributed by atoms with E-state index in [2.05, 4.69) is 6.92 Å². The molecule has 18 heavy (non-hydrogen) atoms. The molecule has 0 unspecified atom stereocenters. The summed E-state index contributed by atoms with van der Waals surface area (Å²) in [6.07, 6.45) is 1.88. The SMILES string of the molecule is CC(C)O[C@H]1C[C@H](C)O[C@@H]1[C@@H](CCO)OC(C)C. The molecule has 0 amide bonds. The molecule has 0 aromatic heterocycles. The van der Waals surface area contributed by atoms with Crippen molar-refractivity contribution in [2.45, 2.75) is 84.1 Å². The summed E-state index contributed by atoms with van der Waals surface area (Å²) in [5.41, 5.74) is 0. The minimum atomic E-state index is -0.0938. The van der Waals surface area contributed by atoms with Crippen molar-refractivity contribution in [3.8, 4) is 0 Å². The molecule has 1 heterocycles. The highest BCUT2D eigenvalue weighted by Gasteiger charge is 2.40. The molecule has 4 heteroatoms. The smallest absolute Gasteiger partial charge is 0.110 e. The van der Waals surface area contributed by atoms with Crippen LogP contribution in [-0.4, -0.2) is 48.3 Å². The van der Waals surface area contributed by atoms with Gasteiger partial charge in [0.1, 0.15) is 6.10 Å². The maximum atomic E-state index is 9.17. The Kier molecular flexibility index (Phi) is 6.57. The van der Waals surface area contributed by atoms with Gasteiger partial charge in [-0.2, -0.15) is 0 Å². The lowest BCUT2D eigenvalue weighted by atomic mass is 10.0. The van der Waals surface area contributed by atoms with Gasteiger partial charge < -0.3 is 19.3 Å². The maximum Gasteiger partial charge on any atom is 0.110 e. The standard InChI is InChI=1S/C14H28O4/c1-9(2)16-12(6-7-15)14-13(17-10(3)4)8-11(5)18-14/h9-15H,6-8H2,1-5H3/t11-,12+,13-,14+/m0/s1. The molecule has 0 aliphatic carbocycles. The molecule has 0 bridgehead atoms. The van der Waals surface area contributed by atoms with Crippen LogP contribution in [0, 0.1) is 0 Å². The van der Waals surface area contributed by atoms with Crippen LogP contribution >= 0.6 is 0 Å². The third-order valence-electron chi connectivity index (χ3n) is 2.99. The molecule has 0 aromatic carbocycles. The van der Waals surface area contributed by atoms with Crippen molar-refractivity contribution < 1.29 is 19.3 Å². The van der Waals surface area contributed by atoms with Crippen LogP contribution in [0.1, 0.15) is 47.5 Å². The monoisotopic (exact) mass is 260 g/mol. The van der Waals surface area contributed by atoms with Crippen molar-refractivity contribution >= 4 is 0 Å². The fraction of sp³-hybridized carbons (Fsp3) is 1.00. The zero-order valence-electron chi connectivity index (χ0n) is 12.3. The molecule has 0 spiro atoms. The van der Waals surface area contributed by atoms with Crippen LogP contribution in [0.4, 0.5) is 0 Å². The number of hydrogen-bond acceptors (Lipinski definition) is 4. The summed E-state index contributed by atoms with van der Waals surface area (Å²) in [5.74, 6) is 0. The van der Waals surface area contributed by atoms with Gasteiger partial charge in [-0.15, -0.1) is 0 Å². The van der Waals surface area contributed by atoms with Crippen molar-refractivity contribution in [2.24, 2.45) is 0 Å². The van der Waals surface area contributed by atoms with E-state index in [1.807, 2.05) is 27.7 Å². The van der Waals surface area contributed by atoms with Gasteiger partial charge in [-0.3, -0.25) is 0 Å². The highest BCUT2D eigenvalue weighted by molar-refractivity contribution is 4.88. The van der Waals surface area contributed by atoms with Gasteiger partial charge in [0.05, 0.1) is 30.5 Å². The summed E-state index contributed by atoms with van der Waals surface area (Å²) in [6, 6.07) is 0. The Balaban J connectivity index is 2.67. The van der Waals surface area contributed by atoms with Crippen LogP contribution in [0.3, 0.4) is 0 Å². The van der Waals surface area contributed by atoms with Crippen molar-refractivity contribution in [2.75, 3.05) is 6.61 Å². The number of aliphatic hydroxyl groups is 1. The van der Waals surface area contributed by atoms with E-state index < -0.39 is 0 Å². The van der Waals surface area contributed by atoms with E-state index in [-0.39, 0.29) is 43.2 Å². The van der Waals surface area contributed by atoms with Crippen LogP contribution in [0.2, 0.25) is 0 Å². The first-order chi connectivity index (χ1) is 8.43. The average molecular weight is 260 g/mol. The molecule has 1 aliphatic rings. The fourth-order valence-electron chi connectivity index (χ4n) is 2.47. The van der Waals surface area contributed by atoms with Gasteiger partial charge in [-0.25, -0.2) is 0 Å². The molecule has 1 rings (SSSR count). The molecule has 1 saturated heterocycles. The Morgan fingerprint density at radius 2 is 1.89 bits per heavy atom. The maximum absolute atomic E-state index is 9.17. The lowest BCUT2D eigenvalue weighted by Gasteiger charge is -2.30. The van der Waals surface area contributed by atoms with Gasteiger partial charge in [0.2, 0.25) is 0 Å². The average Bonchev–Trinajstić information content (AvgIpc) is 2.57. The highest BCUT2D eigenvalue weighted by atomic mass is 16.6. The zero-order chi connectivity index (χ0) is 13.7. The number of ether oxygens (including phenoxy) is 3. The summed E-state index contributed by atoms with van der Waals surface area (Å²) < 4.78 is 17.7. The Hall–Kier alpha value is -0.160. The topological polar surface area (TPSA) is 47.9 Å². The Morgan fingerprint density at radius 3 is 2.39 bits per heavy atom. The Bertz CT molecular complexity index is 230. The lowest BCUT2D eigenvalue weighted by molar-refractivity contribution is -0.132. The van der Waals surface area contributed by atoms with E-state index >= 15 is 0 Å². The lowest BCUT2D eigenvalue weighted by Crippen LogP contribution is -2.40. The molecule has 108 valence electrons. The molecular weight excluding hydrogens is 232 g/mol. The second-order valence-corrected chi connectivity index (χ2v) is 5.61. The predicted octanol–water partition coefficient (Wildman–Crippen LogP) is 2.13. The van der Waals surface area contributed by atoms with Crippen LogP contribution in [0.25, 0.3) is 0 Å². The first kappa shape index (κ1) is 15.9. The fourth-order valence-corrected chi connectivity index (χ4v) is 2.47. The second-order valence-electron chi connectivity index (χ2n) is 5.61. The minimum Gasteiger partial charge on any atom is -0.396 e. The zero-order valence-corrected chi connectivity index (χ0v) is 12.3. The van der Waals surface area contributed by atoms with E-state index in [4.69, 9.17) is 19.3 Å². The molecule has 0 radical (unpaired) electrons. The summed E-state index contributed by atoms with van der Waals surface area (Å²) in [4.78, 5) is 0. The molecule has 0 saturated carbocycles. The van der Waals surface area contributed by atoms with Crippen LogP contribution < -0.4 is 0 Å². The molecule has 1 N–H and O–H groups in total. The summed E-state index contributed by atoms with van der Waals surface area (Å²) in [7, 11) is 0. The Morgan fingerprint density at radius 1 is 1.22 bits per heavy atom. The minimum absolute atomic E-state index is 0.0651. The van der Waals surface area contributed by atoms with Gasteiger partial charge >= 0.3 is 0 Å². The molecular formula is C14H28O4. The summed E-state index contributed by atoms with van der Waals surface area (Å²) in [6.45, 7) is 10.2. The van der Waals surface area contributed by atoms with E-state index in [1.54, 1.807) is 0 Å². The quantitative estimate of drug-likeness (QED) is 0.762. The van der Waals surface area contributed by atoms with Crippen molar-refractivity contribution in [1.29, 1.82) is 0 Å². The number of rotatable bonds is 7. The van der Waals surface area contributed by atoms with Crippen molar-refractivity contribution in [3.05, 3.63) is 0 Å². The highest BCUT2D eigenvalue weighted by Crippen LogP contribution is 2.29. The van der Waals surface area contributed by atoms with Gasteiger partial charge in [0, 0.05) is 13.0 Å². The summed E-state index contributed by atoms with van der Waals surface area (Å²) in [5, 5.41) is 9.17. The van der Waals surface area contributed by atoms with Gasteiger partial charge in [-0.1, -0.05) is 0 Å². The normalized spacial score (nSPS) is 30.3. The van der Waals surface area contributed by atoms with Crippen LogP contribution in [0.15, 0.2) is 0 Å². The second kappa shape index (κ2) is 7.43. The molecule has 0 aromatic rings. The first-order valence-corrected chi connectivity index (χ1v) is 7.01.